The van der Waals surface area contributed by atoms with E-state index < -0.39 is 0 Å². The molecule has 0 unspecified atom stereocenters. The molecule has 112 valence electrons. The lowest BCUT2D eigenvalue weighted by molar-refractivity contribution is 0.493. The first-order chi connectivity index (χ1) is 9.77. The zero-order valence-electron chi connectivity index (χ0n) is 13.4. The van der Waals surface area contributed by atoms with E-state index in [1.807, 2.05) is 13.8 Å². The van der Waals surface area contributed by atoms with Crippen LogP contribution in [0.4, 0.5) is 0 Å². The van der Waals surface area contributed by atoms with Gasteiger partial charge in [-0.15, -0.1) is 0 Å². The van der Waals surface area contributed by atoms with Crippen LogP contribution in [0.3, 0.4) is 0 Å². The van der Waals surface area contributed by atoms with Crippen LogP contribution in [0.5, 0.6) is 0 Å². The van der Waals surface area contributed by atoms with Gasteiger partial charge in [0.15, 0.2) is 0 Å². The largest absolute Gasteiger partial charge is 0.330 e. The highest BCUT2D eigenvalue weighted by Gasteiger charge is 2.25. The van der Waals surface area contributed by atoms with Crippen molar-refractivity contribution in [3.63, 3.8) is 0 Å². The summed E-state index contributed by atoms with van der Waals surface area (Å²) in [6.45, 7) is 13.8. The van der Waals surface area contributed by atoms with E-state index in [9.17, 15) is 0 Å². The van der Waals surface area contributed by atoms with Crippen molar-refractivity contribution in [2.75, 3.05) is 6.54 Å². The highest BCUT2D eigenvalue weighted by atomic mass is 32.2. The Hall–Kier alpha value is -0.960. The van der Waals surface area contributed by atoms with E-state index in [2.05, 4.69) is 36.8 Å². The van der Waals surface area contributed by atoms with Crippen molar-refractivity contribution in [1.29, 1.82) is 0 Å². The Balaban J connectivity index is 0.000000956. The maximum Gasteiger partial charge on any atom is 0.110 e. The Morgan fingerprint density at radius 3 is 2.70 bits per heavy atom. The van der Waals surface area contributed by atoms with Crippen LogP contribution in [-0.2, 0) is 0 Å². The molecule has 0 saturated heterocycles. The molecule has 0 aromatic carbocycles. The first-order valence-corrected chi connectivity index (χ1v) is 8.75. The molecule has 2 rings (SSSR count). The van der Waals surface area contributed by atoms with Crippen molar-refractivity contribution >= 4 is 17.6 Å². The van der Waals surface area contributed by atoms with Gasteiger partial charge < -0.3 is 4.90 Å². The van der Waals surface area contributed by atoms with Crippen LogP contribution in [-0.4, -0.2) is 17.3 Å². The molecule has 2 heterocycles. The quantitative estimate of drug-likeness (QED) is 0.645. The first kappa shape index (κ1) is 17.1. The zero-order chi connectivity index (χ0) is 15.0. The topological polar surface area (TPSA) is 15.6 Å². The van der Waals surface area contributed by atoms with Crippen LogP contribution in [0.1, 0.15) is 59.8 Å². The number of hydrogen-bond donors (Lipinski definition) is 0. The monoisotopic (exact) mass is 292 g/mol. The number of nitrogens with zero attached hydrogens (tertiary/aromatic N) is 2. The van der Waals surface area contributed by atoms with Crippen LogP contribution in [0.15, 0.2) is 39.4 Å². The minimum atomic E-state index is 0.978. The van der Waals surface area contributed by atoms with Crippen molar-refractivity contribution in [3.05, 3.63) is 34.4 Å². The fourth-order valence-electron chi connectivity index (χ4n) is 2.28. The van der Waals surface area contributed by atoms with Gasteiger partial charge in [-0.2, -0.15) is 0 Å². The maximum atomic E-state index is 4.86. The molecular weight excluding hydrogens is 264 g/mol. The summed E-state index contributed by atoms with van der Waals surface area (Å²) >= 11 is 1.73. The molecule has 0 fully saturated rings. The van der Waals surface area contributed by atoms with Gasteiger partial charge in [0.2, 0.25) is 0 Å². The molecule has 0 atom stereocenters. The van der Waals surface area contributed by atoms with E-state index in [-0.39, 0.29) is 0 Å². The molecule has 0 saturated carbocycles. The molecule has 2 nitrogen and oxygen atoms in total. The normalized spacial score (nSPS) is 17.5. The smallest absolute Gasteiger partial charge is 0.110 e. The molecular formula is C17H28N2S. The molecule has 0 amide bonds. The summed E-state index contributed by atoms with van der Waals surface area (Å²) in [7, 11) is 0. The predicted octanol–water partition coefficient (Wildman–Crippen LogP) is 5.70. The highest BCUT2D eigenvalue weighted by Crippen LogP contribution is 2.38. The predicted molar refractivity (Wildman–Crippen MR) is 92.8 cm³/mol. The Morgan fingerprint density at radius 2 is 2.05 bits per heavy atom. The van der Waals surface area contributed by atoms with Crippen LogP contribution in [0.25, 0.3) is 0 Å². The van der Waals surface area contributed by atoms with Gasteiger partial charge in [-0.3, -0.25) is 0 Å². The summed E-state index contributed by atoms with van der Waals surface area (Å²) in [5.74, 6) is 1.21. The Kier molecular flexibility index (Phi) is 7.75. The Labute approximate surface area is 128 Å². The minimum absolute atomic E-state index is 0.978. The van der Waals surface area contributed by atoms with Crippen LogP contribution >= 0.6 is 11.8 Å². The lowest BCUT2D eigenvalue weighted by Crippen LogP contribution is -2.34. The number of aliphatic imine (C=N–C) groups is 1. The van der Waals surface area contributed by atoms with Crippen molar-refractivity contribution in [2.45, 2.75) is 59.8 Å². The molecule has 3 heteroatoms. The maximum absolute atomic E-state index is 4.86. The molecule has 2 aliphatic heterocycles. The van der Waals surface area contributed by atoms with Crippen molar-refractivity contribution < 1.29 is 0 Å². The number of rotatable bonds is 5. The molecule has 0 radical (unpaired) electrons. The van der Waals surface area contributed by atoms with E-state index in [4.69, 9.17) is 4.99 Å². The van der Waals surface area contributed by atoms with E-state index in [0.29, 0.717) is 0 Å². The fraction of sp³-hybridized carbons (Fsp3) is 0.588. The van der Waals surface area contributed by atoms with Gasteiger partial charge in [0.05, 0.1) is 0 Å². The second-order valence-electron chi connectivity index (χ2n) is 4.71. The van der Waals surface area contributed by atoms with Gasteiger partial charge in [-0.05, 0) is 24.7 Å². The molecule has 0 aromatic heterocycles. The molecule has 0 spiro atoms. The summed E-state index contributed by atoms with van der Waals surface area (Å²) in [5.41, 5.74) is 2.49. The third kappa shape index (κ3) is 4.02. The zero-order valence-corrected chi connectivity index (χ0v) is 14.2. The van der Waals surface area contributed by atoms with Crippen LogP contribution < -0.4 is 0 Å². The summed E-state index contributed by atoms with van der Waals surface area (Å²) < 4.78 is 0. The highest BCUT2D eigenvalue weighted by molar-refractivity contribution is 8.05. The number of thioether (sulfide) groups is 1. The Bertz CT molecular complexity index is 419. The SMILES string of the molecule is C=C1C2=C(N=C(CCCC)N1CCC)SC=CC2.CC. The molecule has 0 N–H and O–H groups in total. The average molecular weight is 292 g/mol. The lowest BCUT2D eigenvalue weighted by atomic mass is 10.1. The van der Waals surface area contributed by atoms with Gasteiger partial charge >= 0.3 is 0 Å². The fourth-order valence-corrected chi connectivity index (χ4v) is 3.10. The van der Waals surface area contributed by atoms with Gasteiger partial charge in [0.1, 0.15) is 10.9 Å². The van der Waals surface area contributed by atoms with Gasteiger partial charge in [-0.1, -0.05) is 58.5 Å². The van der Waals surface area contributed by atoms with E-state index >= 15 is 0 Å². The van der Waals surface area contributed by atoms with Crippen molar-refractivity contribution in [1.82, 2.24) is 4.90 Å². The van der Waals surface area contributed by atoms with Crippen LogP contribution in [0.2, 0.25) is 0 Å². The molecule has 20 heavy (non-hydrogen) atoms. The average Bonchev–Trinajstić information content (AvgIpc) is 2.50. The van der Waals surface area contributed by atoms with E-state index in [1.54, 1.807) is 11.8 Å². The van der Waals surface area contributed by atoms with Crippen LogP contribution in [0, 0.1) is 0 Å². The summed E-state index contributed by atoms with van der Waals surface area (Å²) in [4.78, 5) is 7.19. The summed E-state index contributed by atoms with van der Waals surface area (Å²) in [6, 6.07) is 0. The number of allylic oxidation sites excluding steroid dienone is 2. The molecule has 0 aromatic rings. The summed E-state index contributed by atoms with van der Waals surface area (Å²) in [5, 5.41) is 3.31. The van der Waals surface area contributed by atoms with Crippen molar-refractivity contribution in [3.8, 4) is 0 Å². The third-order valence-corrected chi connectivity index (χ3v) is 4.16. The number of amidine groups is 1. The summed E-state index contributed by atoms with van der Waals surface area (Å²) in [6.07, 6.45) is 7.80. The Morgan fingerprint density at radius 1 is 1.30 bits per heavy atom. The second-order valence-corrected chi connectivity index (χ2v) is 5.60. The van der Waals surface area contributed by atoms with Crippen molar-refractivity contribution in [2.24, 2.45) is 4.99 Å². The minimum Gasteiger partial charge on any atom is -0.330 e. The molecule has 0 bridgehead atoms. The van der Waals surface area contributed by atoms with Gasteiger partial charge in [0.25, 0.3) is 0 Å². The third-order valence-electron chi connectivity index (χ3n) is 3.27. The standard InChI is InChI=1S/C15H22N2S.C2H6/c1-4-6-9-14-16-15-13(8-7-11-18-15)12(3)17(14)10-5-2;1-2/h7,11H,3-6,8-10H2,1-2H3;1-2H3. The van der Waals surface area contributed by atoms with E-state index in [1.165, 1.54) is 35.0 Å². The molecule has 2 aliphatic rings. The molecule has 0 aliphatic carbocycles. The second kappa shape index (κ2) is 9.06. The van der Waals surface area contributed by atoms with Gasteiger partial charge in [0, 0.05) is 24.2 Å². The lowest BCUT2D eigenvalue weighted by Gasteiger charge is -2.34. The number of hydrogen-bond acceptors (Lipinski definition) is 3. The number of unbranched alkanes of at least 4 members (excludes halogenated alkanes) is 1. The first-order valence-electron chi connectivity index (χ1n) is 7.87. The van der Waals surface area contributed by atoms with Gasteiger partial charge in [-0.25, -0.2) is 4.99 Å². The van der Waals surface area contributed by atoms with E-state index in [0.717, 1.165) is 25.8 Å².